The van der Waals surface area contributed by atoms with Gasteiger partial charge in [0, 0.05) is 25.4 Å². The lowest BCUT2D eigenvalue weighted by atomic mass is 10.1. The third-order valence-electron chi connectivity index (χ3n) is 1.06. The van der Waals surface area contributed by atoms with Crippen molar-refractivity contribution in [1.29, 1.82) is 5.41 Å². The first-order chi connectivity index (χ1) is 6.12. The van der Waals surface area contributed by atoms with Gasteiger partial charge in [0.05, 0.1) is 0 Å². The van der Waals surface area contributed by atoms with Gasteiger partial charge in [0.2, 0.25) is 0 Å². The van der Waals surface area contributed by atoms with Crippen molar-refractivity contribution in [2.24, 2.45) is 0 Å². The normalized spacial score (nSPS) is 8.46. The summed E-state index contributed by atoms with van der Waals surface area (Å²) < 4.78 is 0. The molecule has 0 rings (SSSR count). The fourth-order valence-electron chi connectivity index (χ4n) is 0.386. The van der Waals surface area contributed by atoms with E-state index in [9.17, 15) is 0 Å². The summed E-state index contributed by atoms with van der Waals surface area (Å²) in [5, 5.41) is 17.1. The van der Waals surface area contributed by atoms with E-state index in [0.717, 1.165) is 13.7 Å². The van der Waals surface area contributed by atoms with Gasteiger partial charge in [-0.05, 0) is 13.8 Å². The van der Waals surface area contributed by atoms with E-state index in [1.54, 1.807) is 6.08 Å². The van der Waals surface area contributed by atoms with Crippen LogP contribution in [0.1, 0.15) is 27.7 Å². The fraction of sp³-hybridized carbons (Fsp3) is 0.700. The second kappa shape index (κ2) is 13.9. The van der Waals surface area contributed by atoms with Crippen LogP contribution in [0.4, 0.5) is 0 Å². The van der Waals surface area contributed by atoms with Crippen molar-refractivity contribution in [2.75, 3.05) is 13.7 Å². The third-order valence-corrected chi connectivity index (χ3v) is 1.06. The topological polar surface area (TPSA) is 56.1 Å². The molecule has 0 aliphatic heterocycles. The molecule has 0 amide bonds. The maximum absolute atomic E-state index is 7.00. The highest BCUT2D eigenvalue weighted by molar-refractivity contribution is 5.65. The van der Waals surface area contributed by atoms with Crippen molar-refractivity contribution in [3.8, 4) is 0 Å². The molecular weight excluding hydrogens is 164 g/mol. The van der Waals surface area contributed by atoms with Gasteiger partial charge in [-0.15, -0.1) is 6.58 Å². The minimum absolute atomic E-state index is 0.186. The van der Waals surface area contributed by atoms with Gasteiger partial charge in [0.25, 0.3) is 0 Å². The molecule has 3 heteroatoms. The molecular formula is C10H24N2O. The molecule has 0 aliphatic carbocycles. The second-order valence-electron chi connectivity index (χ2n) is 2.54. The molecule has 13 heavy (non-hydrogen) atoms. The minimum Gasteiger partial charge on any atom is -0.400 e. The fourth-order valence-corrected chi connectivity index (χ4v) is 0.386. The van der Waals surface area contributed by atoms with Crippen LogP contribution in [0.25, 0.3) is 0 Å². The van der Waals surface area contributed by atoms with Crippen LogP contribution < -0.4 is 5.32 Å². The predicted octanol–water partition coefficient (Wildman–Crippen LogP) is 1.82. The molecule has 0 saturated heterocycles. The monoisotopic (exact) mass is 188 g/mol. The third kappa shape index (κ3) is 18.4. The number of hydrogen-bond donors (Lipinski definition) is 3. The SMILES string of the molecule is C=CCNC(C)(C)C=N.CC.CO. The lowest BCUT2D eigenvalue weighted by Crippen LogP contribution is -2.40. The molecule has 0 saturated carbocycles. The Morgan fingerprint density at radius 3 is 2.00 bits per heavy atom. The summed E-state index contributed by atoms with van der Waals surface area (Å²) in [4.78, 5) is 0. The summed E-state index contributed by atoms with van der Waals surface area (Å²) in [6.07, 6.45) is 3.17. The zero-order chi connectivity index (χ0) is 11.3. The van der Waals surface area contributed by atoms with Crippen molar-refractivity contribution in [3.05, 3.63) is 12.7 Å². The van der Waals surface area contributed by atoms with E-state index in [2.05, 4.69) is 11.9 Å². The van der Waals surface area contributed by atoms with E-state index in [-0.39, 0.29) is 5.54 Å². The van der Waals surface area contributed by atoms with E-state index >= 15 is 0 Å². The summed E-state index contributed by atoms with van der Waals surface area (Å²) in [5.41, 5.74) is -0.186. The first-order valence-electron chi connectivity index (χ1n) is 4.44. The highest BCUT2D eigenvalue weighted by Gasteiger charge is 2.09. The van der Waals surface area contributed by atoms with Crippen LogP contribution >= 0.6 is 0 Å². The predicted molar refractivity (Wildman–Crippen MR) is 60.6 cm³/mol. The molecule has 0 heterocycles. The number of hydrogen-bond acceptors (Lipinski definition) is 3. The molecule has 0 spiro atoms. The van der Waals surface area contributed by atoms with Crippen LogP contribution in [0.5, 0.6) is 0 Å². The zero-order valence-corrected chi connectivity index (χ0v) is 9.52. The molecule has 0 bridgehead atoms. The Hall–Kier alpha value is -0.670. The summed E-state index contributed by atoms with van der Waals surface area (Å²) in [7, 11) is 1.00. The molecule has 0 radical (unpaired) electrons. The van der Waals surface area contributed by atoms with E-state index in [4.69, 9.17) is 10.5 Å². The highest BCUT2D eigenvalue weighted by Crippen LogP contribution is 1.94. The Morgan fingerprint density at radius 1 is 1.38 bits per heavy atom. The summed E-state index contributed by atoms with van der Waals surface area (Å²) in [6, 6.07) is 0. The standard InChI is InChI=1S/C7H14N2.C2H6.CH4O/c1-4-5-9-7(2,3)6-8;2*1-2/h4,6,8-9H,1,5H2,2-3H3;1-2H3;2H,1H3. The van der Waals surface area contributed by atoms with Gasteiger partial charge >= 0.3 is 0 Å². The average Bonchev–Trinajstić information content (AvgIpc) is 2.21. The van der Waals surface area contributed by atoms with Gasteiger partial charge in [-0.2, -0.15) is 0 Å². The molecule has 0 aromatic carbocycles. The lowest BCUT2D eigenvalue weighted by molar-refractivity contribution is 0.399. The van der Waals surface area contributed by atoms with Gasteiger partial charge < -0.3 is 15.8 Å². The maximum atomic E-state index is 7.00. The van der Waals surface area contributed by atoms with E-state index in [1.165, 1.54) is 6.21 Å². The van der Waals surface area contributed by atoms with Crippen LogP contribution in [0.15, 0.2) is 12.7 Å². The molecule has 0 aromatic heterocycles. The first-order valence-corrected chi connectivity index (χ1v) is 4.44. The largest absolute Gasteiger partial charge is 0.400 e. The highest BCUT2D eigenvalue weighted by atomic mass is 16.2. The maximum Gasteiger partial charge on any atom is 0.0476 e. The van der Waals surface area contributed by atoms with Crippen molar-refractivity contribution in [3.63, 3.8) is 0 Å². The number of aliphatic hydroxyl groups is 1. The van der Waals surface area contributed by atoms with Crippen molar-refractivity contribution in [1.82, 2.24) is 5.32 Å². The quantitative estimate of drug-likeness (QED) is 0.465. The summed E-state index contributed by atoms with van der Waals surface area (Å²) in [6.45, 7) is 12.2. The Bertz CT molecular complexity index is 111. The molecule has 0 aromatic rings. The lowest BCUT2D eigenvalue weighted by Gasteiger charge is -2.18. The van der Waals surface area contributed by atoms with Crippen molar-refractivity contribution in [2.45, 2.75) is 33.2 Å². The molecule has 80 valence electrons. The van der Waals surface area contributed by atoms with Gasteiger partial charge in [-0.25, -0.2) is 0 Å². The average molecular weight is 188 g/mol. The van der Waals surface area contributed by atoms with Crippen molar-refractivity contribution < 1.29 is 5.11 Å². The molecule has 3 N–H and O–H groups in total. The van der Waals surface area contributed by atoms with Crippen LogP contribution in [0, 0.1) is 5.41 Å². The van der Waals surface area contributed by atoms with E-state index in [0.29, 0.717) is 0 Å². The Kier molecular flexibility index (Phi) is 19.4. The number of aliphatic hydroxyl groups excluding tert-OH is 1. The number of rotatable bonds is 4. The Labute approximate surface area is 82.4 Å². The molecule has 0 atom stereocenters. The molecule has 0 aliphatic rings. The molecule has 0 unspecified atom stereocenters. The van der Waals surface area contributed by atoms with Gasteiger partial charge in [-0.3, -0.25) is 0 Å². The van der Waals surface area contributed by atoms with E-state index < -0.39 is 0 Å². The van der Waals surface area contributed by atoms with Gasteiger partial charge in [0.1, 0.15) is 0 Å². The number of nitrogens with one attached hydrogen (secondary N) is 2. The Balaban J connectivity index is -0.000000218. The van der Waals surface area contributed by atoms with Gasteiger partial charge in [-0.1, -0.05) is 19.9 Å². The summed E-state index contributed by atoms with van der Waals surface area (Å²) >= 11 is 0. The molecule has 3 nitrogen and oxygen atoms in total. The van der Waals surface area contributed by atoms with Crippen LogP contribution in [0.2, 0.25) is 0 Å². The minimum atomic E-state index is -0.186. The zero-order valence-electron chi connectivity index (χ0n) is 9.52. The summed E-state index contributed by atoms with van der Waals surface area (Å²) in [5.74, 6) is 0. The van der Waals surface area contributed by atoms with Crippen LogP contribution in [-0.4, -0.2) is 30.5 Å². The van der Waals surface area contributed by atoms with Crippen LogP contribution in [-0.2, 0) is 0 Å². The Morgan fingerprint density at radius 2 is 1.77 bits per heavy atom. The first kappa shape index (κ1) is 18.2. The van der Waals surface area contributed by atoms with Gasteiger partial charge in [0.15, 0.2) is 0 Å². The second-order valence-corrected chi connectivity index (χ2v) is 2.54. The molecule has 0 fully saturated rings. The van der Waals surface area contributed by atoms with E-state index in [1.807, 2.05) is 27.7 Å². The smallest absolute Gasteiger partial charge is 0.0476 e. The van der Waals surface area contributed by atoms with Crippen LogP contribution in [0.3, 0.4) is 0 Å². The van der Waals surface area contributed by atoms with Crippen molar-refractivity contribution >= 4 is 6.21 Å².